The highest BCUT2D eigenvalue weighted by molar-refractivity contribution is 7.89. The first-order chi connectivity index (χ1) is 11.9. The third-order valence-electron chi connectivity index (χ3n) is 5.23. The van der Waals surface area contributed by atoms with Crippen LogP contribution in [0.2, 0.25) is 0 Å². The summed E-state index contributed by atoms with van der Waals surface area (Å²) in [6, 6.07) is 4.86. The number of hydrogen-bond acceptors (Lipinski definition) is 3. The Morgan fingerprint density at radius 2 is 1.81 bits per heavy atom. The Labute approximate surface area is 158 Å². The van der Waals surface area contributed by atoms with E-state index >= 15 is 0 Å². The summed E-state index contributed by atoms with van der Waals surface area (Å²) in [4.78, 5) is 12.9. The number of hydrogen-bond donors (Lipinski definition) is 2. The van der Waals surface area contributed by atoms with Gasteiger partial charge in [0.15, 0.2) is 0 Å². The van der Waals surface area contributed by atoms with E-state index < -0.39 is 15.6 Å². The Bertz CT molecular complexity index is 766. The lowest BCUT2D eigenvalue weighted by molar-refractivity contribution is 0.0890. The van der Waals surface area contributed by atoms with E-state index in [0.29, 0.717) is 17.4 Å². The van der Waals surface area contributed by atoms with Gasteiger partial charge in [0.25, 0.3) is 5.91 Å². The van der Waals surface area contributed by atoms with Crippen molar-refractivity contribution >= 4 is 15.9 Å². The summed E-state index contributed by atoms with van der Waals surface area (Å²) in [6.07, 6.45) is 3.28. The molecule has 0 spiro atoms. The van der Waals surface area contributed by atoms with Crippen LogP contribution in [0, 0.1) is 18.8 Å². The van der Waals surface area contributed by atoms with Gasteiger partial charge in [-0.1, -0.05) is 32.8 Å². The molecular formula is C20H32N2O3S. The Kier molecular flexibility index (Phi) is 6.18. The molecule has 0 bridgehead atoms. The second-order valence-electron chi connectivity index (χ2n) is 8.68. The Hall–Kier alpha value is -1.40. The van der Waals surface area contributed by atoms with E-state index in [2.05, 4.69) is 23.9 Å². The van der Waals surface area contributed by atoms with Crippen LogP contribution in [0.1, 0.15) is 69.8 Å². The van der Waals surface area contributed by atoms with Gasteiger partial charge in [-0.2, -0.15) is 0 Å². The van der Waals surface area contributed by atoms with Gasteiger partial charge < -0.3 is 5.32 Å². The summed E-state index contributed by atoms with van der Waals surface area (Å²) in [5, 5.41) is 3.13. The fraction of sp³-hybridized carbons (Fsp3) is 0.650. The summed E-state index contributed by atoms with van der Waals surface area (Å²) in [6.45, 7) is 11.6. The minimum atomic E-state index is -3.67. The summed E-state index contributed by atoms with van der Waals surface area (Å²) in [7, 11) is -3.67. The summed E-state index contributed by atoms with van der Waals surface area (Å²) >= 11 is 0. The van der Waals surface area contributed by atoms with Crippen molar-refractivity contribution in [2.24, 2.45) is 11.8 Å². The second-order valence-corrected chi connectivity index (χ2v) is 10.4. The van der Waals surface area contributed by atoms with E-state index in [4.69, 9.17) is 0 Å². The quantitative estimate of drug-likeness (QED) is 0.837. The van der Waals surface area contributed by atoms with Crippen LogP contribution >= 0.6 is 0 Å². The molecule has 2 rings (SSSR count). The van der Waals surface area contributed by atoms with Crippen LogP contribution in [0.4, 0.5) is 0 Å². The topological polar surface area (TPSA) is 75.3 Å². The third kappa shape index (κ3) is 5.07. The lowest BCUT2D eigenvalue weighted by atomic mass is 9.78. The maximum Gasteiger partial charge on any atom is 0.251 e. The number of carbonyl (C=O) groups is 1. The van der Waals surface area contributed by atoms with Crippen LogP contribution < -0.4 is 10.0 Å². The van der Waals surface area contributed by atoms with Gasteiger partial charge in [-0.15, -0.1) is 0 Å². The van der Waals surface area contributed by atoms with E-state index in [9.17, 15) is 13.2 Å². The number of amides is 1. The van der Waals surface area contributed by atoms with Crippen LogP contribution in [-0.4, -0.2) is 25.9 Å². The molecule has 1 amide bonds. The molecule has 1 aromatic rings. The van der Waals surface area contributed by atoms with Gasteiger partial charge in [-0.05, 0) is 63.6 Å². The Balaban J connectivity index is 2.25. The number of benzene rings is 1. The van der Waals surface area contributed by atoms with Crippen LogP contribution in [-0.2, 0) is 10.0 Å². The number of rotatable bonds is 4. The van der Waals surface area contributed by atoms with Crippen molar-refractivity contribution in [2.45, 2.75) is 77.3 Å². The highest BCUT2D eigenvalue weighted by Crippen LogP contribution is 2.30. The molecule has 3 atom stereocenters. The van der Waals surface area contributed by atoms with E-state index in [1.54, 1.807) is 32.9 Å². The zero-order chi connectivity index (χ0) is 19.7. The Morgan fingerprint density at radius 1 is 1.15 bits per heavy atom. The zero-order valence-corrected chi connectivity index (χ0v) is 17.5. The fourth-order valence-electron chi connectivity index (χ4n) is 3.51. The first kappa shape index (κ1) is 20.9. The maximum atomic E-state index is 12.8. The van der Waals surface area contributed by atoms with Crippen molar-refractivity contribution < 1.29 is 13.2 Å². The van der Waals surface area contributed by atoms with Gasteiger partial charge in [0.05, 0.1) is 4.90 Å². The monoisotopic (exact) mass is 380 g/mol. The number of sulfonamides is 1. The summed E-state index contributed by atoms with van der Waals surface area (Å²) in [5.41, 5.74) is 0.612. The van der Waals surface area contributed by atoms with Gasteiger partial charge in [-0.25, -0.2) is 13.1 Å². The van der Waals surface area contributed by atoms with Crippen LogP contribution in [0.25, 0.3) is 0 Å². The van der Waals surface area contributed by atoms with Gasteiger partial charge in [-0.3, -0.25) is 4.79 Å². The zero-order valence-electron chi connectivity index (χ0n) is 16.7. The number of aryl methyl sites for hydroxylation is 1. The van der Waals surface area contributed by atoms with Crippen molar-refractivity contribution in [1.29, 1.82) is 0 Å². The van der Waals surface area contributed by atoms with Crippen molar-refractivity contribution in [3.05, 3.63) is 29.3 Å². The fourth-order valence-corrected chi connectivity index (χ4v) is 4.95. The van der Waals surface area contributed by atoms with E-state index in [1.807, 2.05) is 6.92 Å². The highest BCUT2D eigenvalue weighted by atomic mass is 32.2. The van der Waals surface area contributed by atoms with E-state index in [1.165, 1.54) is 12.5 Å². The summed E-state index contributed by atoms with van der Waals surface area (Å²) in [5.74, 6) is 0.807. The molecule has 0 aliphatic heterocycles. The molecule has 0 radical (unpaired) electrons. The molecule has 1 aliphatic carbocycles. The predicted molar refractivity (Wildman–Crippen MR) is 105 cm³/mol. The molecule has 0 saturated heterocycles. The smallest absolute Gasteiger partial charge is 0.251 e. The molecule has 1 fully saturated rings. The van der Waals surface area contributed by atoms with E-state index in [0.717, 1.165) is 18.4 Å². The SMILES string of the molecule is Cc1ccc(S(=O)(=O)NC(C)(C)C)cc1C(=O)NC1CCCC(C)C1C. The molecule has 1 saturated carbocycles. The molecule has 5 nitrogen and oxygen atoms in total. The molecule has 6 heteroatoms. The number of nitrogens with one attached hydrogen (secondary N) is 2. The van der Waals surface area contributed by atoms with Crippen molar-refractivity contribution in [1.82, 2.24) is 10.0 Å². The lowest BCUT2D eigenvalue weighted by Crippen LogP contribution is -2.44. The van der Waals surface area contributed by atoms with Crippen LogP contribution in [0.5, 0.6) is 0 Å². The molecule has 1 aromatic carbocycles. The molecule has 1 aliphatic rings. The molecule has 146 valence electrons. The Morgan fingerprint density at radius 3 is 2.42 bits per heavy atom. The molecule has 0 aromatic heterocycles. The minimum Gasteiger partial charge on any atom is -0.349 e. The average Bonchev–Trinajstić information content (AvgIpc) is 2.49. The summed E-state index contributed by atoms with van der Waals surface area (Å²) < 4.78 is 27.8. The minimum absolute atomic E-state index is 0.119. The first-order valence-corrected chi connectivity index (χ1v) is 10.8. The predicted octanol–water partition coefficient (Wildman–Crippen LogP) is 3.63. The van der Waals surface area contributed by atoms with Crippen LogP contribution in [0.3, 0.4) is 0 Å². The van der Waals surface area contributed by atoms with Crippen molar-refractivity contribution in [3.8, 4) is 0 Å². The first-order valence-electron chi connectivity index (χ1n) is 9.36. The largest absolute Gasteiger partial charge is 0.349 e. The van der Waals surface area contributed by atoms with Crippen molar-refractivity contribution in [3.63, 3.8) is 0 Å². The highest BCUT2D eigenvalue weighted by Gasteiger charge is 2.29. The lowest BCUT2D eigenvalue weighted by Gasteiger charge is -2.34. The number of carbonyl (C=O) groups excluding carboxylic acids is 1. The average molecular weight is 381 g/mol. The standard InChI is InChI=1S/C20H32N2O3S/c1-13-8-7-9-18(15(13)3)21-19(23)17-12-16(11-10-14(17)2)26(24,25)22-20(4,5)6/h10-13,15,18,22H,7-9H2,1-6H3,(H,21,23). The van der Waals surface area contributed by atoms with Crippen LogP contribution in [0.15, 0.2) is 23.1 Å². The van der Waals surface area contributed by atoms with Gasteiger partial charge in [0, 0.05) is 17.1 Å². The molecule has 26 heavy (non-hydrogen) atoms. The third-order valence-corrected chi connectivity index (χ3v) is 6.98. The second kappa shape index (κ2) is 7.69. The van der Waals surface area contributed by atoms with E-state index in [-0.39, 0.29) is 16.8 Å². The molecule has 3 unspecified atom stereocenters. The van der Waals surface area contributed by atoms with Gasteiger partial charge in [0.2, 0.25) is 10.0 Å². The molecule has 0 heterocycles. The maximum absolute atomic E-state index is 12.8. The molecular weight excluding hydrogens is 348 g/mol. The normalized spacial score (nSPS) is 24.3. The van der Waals surface area contributed by atoms with Gasteiger partial charge in [0.1, 0.15) is 0 Å². The van der Waals surface area contributed by atoms with Crippen molar-refractivity contribution in [2.75, 3.05) is 0 Å². The van der Waals surface area contributed by atoms with Gasteiger partial charge >= 0.3 is 0 Å². The molecule has 2 N–H and O–H groups in total.